The molecule has 7 nitrogen and oxygen atoms in total. The first-order valence-electron chi connectivity index (χ1n) is 9.93. The van der Waals surface area contributed by atoms with Gasteiger partial charge in [-0.05, 0) is 67.4 Å². The van der Waals surface area contributed by atoms with Crippen molar-refractivity contribution in [3.05, 3.63) is 72.7 Å². The summed E-state index contributed by atoms with van der Waals surface area (Å²) < 4.78 is 18.7. The van der Waals surface area contributed by atoms with E-state index in [9.17, 15) is 14.0 Å². The Kier molecular flexibility index (Phi) is 6.07. The van der Waals surface area contributed by atoms with E-state index in [1.807, 2.05) is 0 Å². The van der Waals surface area contributed by atoms with E-state index in [1.54, 1.807) is 42.6 Å². The standard InChI is InChI=1S/C23H21FN4O3/c24-16-4-6-17(7-5-16)26-23(30)27-18-8-10-19(11-9-18)31-20-12-13-25-21(14-20)28-22(29)15-2-1-3-15/h4-15H,1-3H2,(H,25,28,29)(H2,26,27,30). The maximum absolute atomic E-state index is 12.9. The number of benzene rings is 2. The van der Waals surface area contributed by atoms with Gasteiger partial charge in [0.2, 0.25) is 5.91 Å². The van der Waals surface area contributed by atoms with Crippen molar-refractivity contribution in [1.29, 1.82) is 0 Å². The fraction of sp³-hybridized carbons (Fsp3) is 0.174. The second kappa shape index (κ2) is 9.25. The zero-order valence-corrected chi connectivity index (χ0v) is 16.6. The Bertz CT molecular complexity index is 1070. The third-order valence-electron chi connectivity index (χ3n) is 4.91. The molecule has 1 aliphatic rings. The third kappa shape index (κ3) is 5.57. The van der Waals surface area contributed by atoms with Crippen LogP contribution < -0.4 is 20.7 Å². The lowest BCUT2D eigenvalue weighted by Gasteiger charge is -2.23. The zero-order chi connectivity index (χ0) is 21.6. The number of amides is 3. The van der Waals surface area contributed by atoms with Gasteiger partial charge in [-0.15, -0.1) is 0 Å². The molecule has 0 spiro atoms. The summed E-state index contributed by atoms with van der Waals surface area (Å²) in [5, 5.41) is 8.13. The highest BCUT2D eigenvalue weighted by Crippen LogP contribution is 2.28. The number of hydrogen-bond donors (Lipinski definition) is 3. The molecule has 0 saturated heterocycles. The van der Waals surface area contributed by atoms with E-state index in [0.717, 1.165) is 19.3 Å². The van der Waals surface area contributed by atoms with Gasteiger partial charge in [-0.3, -0.25) is 4.79 Å². The summed E-state index contributed by atoms with van der Waals surface area (Å²) in [5.41, 5.74) is 1.05. The number of carbonyl (C=O) groups excluding carboxylic acids is 2. The minimum Gasteiger partial charge on any atom is -0.457 e. The van der Waals surface area contributed by atoms with Crippen LogP contribution in [0.25, 0.3) is 0 Å². The van der Waals surface area contributed by atoms with Gasteiger partial charge in [-0.2, -0.15) is 0 Å². The van der Waals surface area contributed by atoms with Gasteiger partial charge in [0.05, 0.1) is 0 Å². The van der Waals surface area contributed by atoms with E-state index in [1.165, 1.54) is 24.3 Å². The summed E-state index contributed by atoms with van der Waals surface area (Å²) in [6.07, 6.45) is 4.50. The Morgan fingerprint density at radius 3 is 2.13 bits per heavy atom. The van der Waals surface area contributed by atoms with Crippen molar-refractivity contribution < 1.29 is 18.7 Å². The molecule has 2 aromatic carbocycles. The van der Waals surface area contributed by atoms with Crippen LogP contribution in [0.15, 0.2) is 66.9 Å². The van der Waals surface area contributed by atoms with Crippen LogP contribution in [0.3, 0.4) is 0 Å². The lowest BCUT2D eigenvalue weighted by atomic mass is 9.85. The molecule has 3 amide bonds. The minimum atomic E-state index is -0.443. The Morgan fingerprint density at radius 1 is 0.871 bits per heavy atom. The van der Waals surface area contributed by atoms with Crippen molar-refractivity contribution >= 4 is 29.1 Å². The van der Waals surface area contributed by atoms with Gasteiger partial charge >= 0.3 is 6.03 Å². The molecule has 1 aromatic heterocycles. The number of urea groups is 1. The Hall–Kier alpha value is -3.94. The SMILES string of the molecule is O=C(Nc1ccc(F)cc1)Nc1ccc(Oc2ccnc(NC(=O)C3CCC3)c2)cc1. The second-order valence-corrected chi connectivity index (χ2v) is 7.21. The first-order chi connectivity index (χ1) is 15.0. The Labute approximate surface area is 178 Å². The quantitative estimate of drug-likeness (QED) is 0.498. The molecule has 3 N–H and O–H groups in total. The maximum atomic E-state index is 12.9. The summed E-state index contributed by atoms with van der Waals surface area (Å²) in [4.78, 5) is 28.3. The predicted octanol–water partition coefficient (Wildman–Crippen LogP) is 5.40. The Morgan fingerprint density at radius 2 is 1.52 bits per heavy atom. The van der Waals surface area contributed by atoms with Gasteiger partial charge in [0.1, 0.15) is 23.1 Å². The molecule has 31 heavy (non-hydrogen) atoms. The first kappa shape index (κ1) is 20.3. The van der Waals surface area contributed by atoms with E-state index in [4.69, 9.17) is 4.74 Å². The average Bonchev–Trinajstić information content (AvgIpc) is 2.70. The fourth-order valence-corrected chi connectivity index (χ4v) is 3.01. The Balaban J connectivity index is 1.32. The van der Waals surface area contributed by atoms with Crippen LogP contribution in [-0.2, 0) is 4.79 Å². The number of nitrogens with zero attached hydrogens (tertiary/aromatic N) is 1. The molecule has 1 saturated carbocycles. The largest absolute Gasteiger partial charge is 0.457 e. The molecule has 0 radical (unpaired) electrons. The predicted molar refractivity (Wildman–Crippen MR) is 116 cm³/mol. The number of nitrogens with one attached hydrogen (secondary N) is 3. The van der Waals surface area contributed by atoms with Gasteiger partial charge in [-0.25, -0.2) is 14.2 Å². The lowest BCUT2D eigenvalue weighted by Crippen LogP contribution is -2.28. The molecule has 158 valence electrons. The first-order valence-corrected chi connectivity index (χ1v) is 9.93. The van der Waals surface area contributed by atoms with Crippen molar-refractivity contribution in [2.75, 3.05) is 16.0 Å². The lowest BCUT2D eigenvalue weighted by molar-refractivity contribution is -0.122. The molecule has 3 aromatic rings. The molecule has 0 aliphatic heterocycles. The van der Waals surface area contributed by atoms with Crippen molar-refractivity contribution in [3.8, 4) is 11.5 Å². The number of carbonyl (C=O) groups is 2. The van der Waals surface area contributed by atoms with Crippen molar-refractivity contribution in [3.63, 3.8) is 0 Å². The molecular weight excluding hydrogens is 399 g/mol. The van der Waals surface area contributed by atoms with Gasteiger partial charge in [0, 0.05) is 29.6 Å². The molecule has 1 aliphatic carbocycles. The average molecular weight is 420 g/mol. The van der Waals surface area contributed by atoms with E-state index in [-0.39, 0.29) is 17.6 Å². The highest BCUT2D eigenvalue weighted by molar-refractivity contribution is 5.99. The van der Waals surface area contributed by atoms with E-state index < -0.39 is 6.03 Å². The zero-order valence-electron chi connectivity index (χ0n) is 16.6. The van der Waals surface area contributed by atoms with Crippen LogP contribution >= 0.6 is 0 Å². The van der Waals surface area contributed by atoms with Crippen molar-refractivity contribution in [2.24, 2.45) is 5.92 Å². The number of halogens is 1. The van der Waals surface area contributed by atoms with Crippen LogP contribution in [-0.4, -0.2) is 16.9 Å². The van der Waals surface area contributed by atoms with Crippen molar-refractivity contribution in [1.82, 2.24) is 4.98 Å². The number of aromatic nitrogens is 1. The van der Waals surface area contributed by atoms with Gasteiger partial charge in [-0.1, -0.05) is 6.42 Å². The monoisotopic (exact) mass is 420 g/mol. The van der Waals surface area contributed by atoms with Crippen LogP contribution in [0.5, 0.6) is 11.5 Å². The highest BCUT2D eigenvalue weighted by Gasteiger charge is 2.25. The molecule has 0 unspecified atom stereocenters. The van der Waals surface area contributed by atoms with Gasteiger partial charge < -0.3 is 20.7 Å². The van der Waals surface area contributed by atoms with Gasteiger partial charge in [0.15, 0.2) is 0 Å². The number of hydrogen-bond acceptors (Lipinski definition) is 4. The third-order valence-corrected chi connectivity index (χ3v) is 4.91. The summed E-state index contributed by atoms with van der Waals surface area (Å²) in [6.45, 7) is 0. The van der Waals surface area contributed by atoms with Crippen LogP contribution in [0.4, 0.5) is 26.4 Å². The molecule has 0 bridgehead atoms. The molecule has 8 heteroatoms. The summed E-state index contributed by atoms with van der Waals surface area (Å²) in [7, 11) is 0. The topological polar surface area (TPSA) is 92.3 Å². The molecule has 4 rings (SSSR count). The van der Waals surface area contributed by atoms with E-state index >= 15 is 0 Å². The summed E-state index contributed by atoms with van der Waals surface area (Å²) in [5.74, 6) is 1.24. The number of anilines is 3. The van der Waals surface area contributed by atoms with E-state index in [2.05, 4.69) is 20.9 Å². The second-order valence-electron chi connectivity index (χ2n) is 7.21. The maximum Gasteiger partial charge on any atom is 0.323 e. The number of rotatable bonds is 6. The fourth-order valence-electron chi connectivity index (χ4n) is 3.01. The molecular formula is C23H21FN4O3. The van der Waals surface area contributed by atoms with Crippen LogP contribution in [0.1, 0.15) is 19.3 Å². The minimum absolute atomic E-state index is 0.00904. The summed E-state index contributed by atoms with van der Waals surface area (Å²) in [6, 6.07) is 15.2. The smallest absolute Gasteiger partial charge is 0.323 e. The normalized spacial score (nSPS) is 13.1. The number of pyridine rings is 1. The number of ether oxygens (including phenoxy) is 1. The molecule has 0 atom stereocenters. The summed E-state index contributed by atoms with van der Waals surface area (Å²) >= 11 is 0. The van der Waals surface area contributed by atoms with Gasteiger partial charge in [0.25, 0.3) is 0 Å². The highest BCUT2D eigenvalue weighted by atomic mass is 19.1. The van der Waals surface area contributed by atoms with E-state index in [0.29, 0.717) is 28.7 Å². The molecule has 1 fully saturated rings. The van der Waals surface area contributed by atoms with Crippen molar-refractivity contribution in [2.45, 2.75) is 19.3 Å². The van der Waals surface area contributed by atoms with Crippen LogP contribution in [0, 0.1) is 11.7 Å². The van der Waals surface area contributed by atoms with Crippen LogP contribution in [0.2, 0.25) is 0 Å². The molecule has 1 heterocycles.